The molecule has 0 amide bonds. The molecule has 3 rings (SSSR count). The van der Waals surface area contributed by atoms with Crippen LogP contribution in [-0.4, -0.2) is 42.0 Å². The maximum Gasteiger partial charge on any atom is 0.261 e. The molecule has 2 aromatic carbocycles. The Morgan fingerprint density at radius 2 is 1.82 bits per heavy atom. The van der Waals surface area contributed by atoms with Gasteiger partial charge in [0.25, 0.3) is 10.0 Å². The van der Waals surface area contributed by atoms with Gasteiger partial charge in [-0.15, -0.1) is 0 Å². The van der Waals surface area contributed by atoms with Gasteiger partial charge in [0.2, 0.25) is 0 Å². The second kappa shape index (κ2) is 8.89. The third-order valence-corrected chi connectivity index (χ3v) is 5.76. The Morgan fingerprint density at radius 3 is 2.50 bits per heavy atom. The second-order valence-electron chi connectivity index (χ2n) is 6.20. The van der Waals surface area contributed by atoms with Gasteiger partial charge < -0.3 is 18.9 Å². The van der Waals surface area contributed by atoms with Gasteiger partial charge in [0.15, 0.2) is 11.5 Å². The molecule has 0 saturated carbocycles. The van der Waals surface area contributed by atoms with Gasteiger partial charge in [-0.05, 0) is 30.7 Å². The minimum Gasteiger partial charge on any atom is -0.491 e. The molecule has 0 bridgehead atoms. The summed E-state index contributed by atoms with van der Waals surface area (Å²) in [5.74, 6) is 1.56. The first-order valence-electron chi connectivity index (χ1n) is 8.75. The molecule has 28 heavy (non-hydrogen) atoms. The van der Waals surface area contributed by atoms with Crippen molar-refractivity contribution in [1.29, 1.82) is 0 Å². The van der Waals surface area contributed by atoms with Crippen LogP contribution in [0.4, 0.5) is 5.69 Å². The van der Waals surface area contributed by atoms with E-state index in [4.69, 9.17) is 30.5 Å². The van der Waals surface area contributed by atoms with E-state index in [0.717, 1.165) is 6.42 Å². The van der Waals surface area contributed by atoms with Crippen LogP contribution in [0.25, 0.3) is 0 Å². The van der Waals surface area contributed by atoms with E-state index in [-0.39, 0.29) is 15.6 Å². The van der Waals surface area contributed by atoms with Crippen LogP contribution in [-0.2, 0) is 14.8 Å². The number of aryl methyl sites for hydroxylation is 1. The molecule has 2 aromatic rings. The van der Waals surface area contributed by atoms with Gasteiger partial charge in [-0.3, -0.25) is 4.72 Å². The Kier molecular flexibility index (Phi) is 6.53. The lowest BCUT2D eigenvalue weighted by atomic mass is 10.2. The maximum absolute atomic E-state index is 12.8. The van der Waals surface area contributed by atoms with E-state index < -0.39 is 10.0 Å². The summed E-state index contributed by atoms with van der Waals surface area (Å²) in [4.78, 5) is 0.104. The van der Waals surface area contributed by atoms with Crippen LogP contribution in [0.15, 0.2) is 35.2 Å². The minimum absolute atomic E-state index is 0.104. The zero-order chi connectivity index (χ0) is 20.1. The summed E-state index contributed by atoms with van der Waals surface area (Å²) in [5, 5.41) is 0.226. The number of halogens is 1. The van der Waals surface area contributed by atoms with Crippen LogP contribution in [0.1, 0.15) is 12.0 Å². The lowest BCUT2D eigenvalue weighted by Gasteiger charge is -2.15. The summed E-state index contributed by atoms with van der Waals surface area (Å²) in [6, 6.07) is 7.73. The highest BCUT2D eigenvalue weighted by atomic mass is 35.5. The van der Waals surface area contributed by atoms with Gasteiger partial charge in [0.05, 0.1) is 35.4 Å². The summed E-state index contributed by atoms with van der Waals surface area (Å²) in [7, 11) is -2.26. The van der Waals surface area contributed by atoms with Crippen LogP contribution >= 0.6 is 11.6 Å². The maximum atomic E-state index is 12.8. The first-order valence-corrected chi connectivity index (χ1v) is 10.6. The Labute approximate surface area is 169 Å². The average molecular weight is 428 g/mol. The zero-order valence-electron chi connectivity index (χ0n) is 15.7. The van der Waals surface area contributed by atoms with Crippen molar-refractivity contribution in [3.8, 4) is 17.2 Å². The Balaban J connectivity index is 1.82. The highest BCUT2D eigenvalue weighted by Gasteiger charge is 2.20. The largest absolute Gasteiger partial charge is 0.491 e. The molecule has 0 radical (unpaired) electrons. The lowest BCUT2D eigenvalue weighted by Crippen LogP contribution is -2.14. The fourth-order valence-electron chi connectivity index (χ4n) is 2.65. The normalized spacial score (nSPS) is 13.7. The third kappa shape index (κ3) is 4.81. The number of fused-ring (bicyclic) bond motifs is 1. The van der Waals surface area contributed by atoms with Crippen molar-refractivity contribution < 1.29 is 27.4 Å². The molecule has 1 aliphatic rings. The number of sulfonamides is 1. The summed E-state index contributed by atoms with van der Waals surface area (Å²) in [6.07, 6.45) is 0.742. The predicted octanol–water partition coefficient (Wildman–Crippen LogP) is 3.64. The molecule has 9 heteroatoms. The van der Waals surface area contributed by atoms with Crippen LogP contribution in [0.5, 0.6) is 17.2 Å². The van der Waals surface area contributed by atoms with Crippen LogP contribution in [0, 0.1) is 6.92 Å². The molecule has 0 spiro atoms. The van der Waals surface area contributed by atoms with E-state index in [2.05, 4.69) is 4.72 Å². The number of nitrogens with one attached hydrogen (secondary N) is 1. The molecular formula is C19H22ClNO6S. The van der Waals surface area contributed by atoms with Crippen molar-refractivity contribution in [3.63, 3.8) is 0 Å². The van der Waals surface area contributed by atoms with Crippen molar-refractivity contribution in [2.75, 3.05) is 38.3 Å². The molecule has 1 aliphatic heterocycles. The third-order valence-electron chi connectivity index (χ3n) is 4.08. The number of rotatable bonds is 7. The Hall–Kier alpha value is -2.16. The second-order valence-corrected chi connectivity index (χ2v) is 8.29. The van der Waals surface area contributed by atoms with Gasteiger partial charge in [-0.2, -0.15) is 0 Å². The van der Waals surface area contributed by atoms with Crippen molar-refractivity contribution in [2.45, 2.75) is 18.2 Å². The number of benzene rings is 2. The van der Waals surface area contributed by atoms with Crippen LogP contribution < -0.4 is 18.9 Å². The SMILES string of the molecule is COCCOc1ccc(S(=O)(=O)Nc2cc3c(cc2Cl)OCCCO3)cc1C. The lowest BCUT2D eigenvalue weighted by molar-refractivity contribution is 0.146. The van der Waals surface area contributed by atoms with Crippen molar-refractivity contribution in [3.05, 3.63) is 40.9 Å². The quantitative estimate of drug-likeness (QED) is 0.679. The first-order chi connectivity index (χ1) is 13.4. The number of anilines is 1. The molecule has 0 fully saturated rings. The van der Waals surface area contributed by atoms with E-state index in [0.29, 0.717) is 49.2 Å². The fourth-order valence-corrected chi connectivity index (χ4v) is 4.06. The summed E-state index contributed by atoms with van der Waals surface area (Å²) >= 11 is 6.24. The molecule has 0 atom stereocenters. The van der Waals surface area contributed by atoms with Crippen molar-refractivity contribution >= 4 is 27.3 Å². The van der Waals surface area contributed by atoms with Crippen molar-refractivity contribution in [2.24, 2.45) is 0 Å². The average Bonchev–Trinajstić information content (AvgIpc) is 2.88. The molecule has 1 heterocycles. The molecular weight excluding hydrogens is 406 g/mol. The first kappa shape index (κ1) is 20.6. The minimum atomic E-state index is -3.85. The monoisotopic (exact) mass is 427 g/mol. The topological polar surface area (TPSA) is 83.1 Å². The standard InChI is InChI=1S/C19H22ClNO6S/c1-13-10-14(4-5-17(13)27-9-8-24-2)28(22,23)21-16-12-19-18(11-15(16)20)25-6-3-7-26-19/h4-5,10-12,21H,3,6-9H2,1-2H3. The number of methoxy groups -OCH3 is 1. The molecule has 152 valence electrons. The summed E-state index contributed by atoms with van der Waals surface area (Å²) in [6.45, 7) is 3.62. The summed E-state index contributed by atoms with van der Waals surface area (Å²) in [5.41, 5.74) is 0.924. The predicted molar refractivity (Wildman–Crippen MR) is 106 cm³/mol. The number of ether oxygens (including phenoxy) is 4. The van der Waals surface area contributed by atoms with Gasteiger partial charge >= 0.3 is 0 Å². The fraction of sp³-hybridized carbons (Fsp3) is 0.368. The molecule has 0 aromatic heterocycles. The van der Waals surface area contributed by atoms with Crippen LogP contribution in [0.2, 0.25) is 5.02 Å². The summed E-state index contributed by atoms with van der Waals surface area (Å²) < 4.78 is 49.8. The van der Waals surface area contributed by atoms with E-state index >= 15 is 0 Å². The van der Waals surface area contributed by atoms with Crippen LogP contribution in [0.3, 0.4) is 0 Å². The van der Waals surface area contributed by atoms with E-state index in [1.807, 2.05) is 0 Å². The highest BCUT2D eigenvalue weighted by molar-refractivity contribution is 7.92. The number of hydrogen-bond acceptors (Lipinski definition) is 6. The molecule has 0 unspecified atom stereocenters. The van der Waals surface area contributed by atoms with Crippen molar-refractivity contribution in [1.82, 2.24) is 0 Å². The highest BCUT2D eigenvalue weighted by Crippen LogP contribution is 2.38. The van der Waals surface area contributed by atoms with E-state index in [9.17, 15) is 8.42 Å². The van der Waals surface area contributed by atoms with Gasteiger partial charge in [-0.25, -0.2) is 8.42 Å². The zero-order valence-corrected chi connectivity index (χ0v) is 17.2. The van der Waals surface area contributed by atoms with Gasteiger partial charge in [0, 0.05) is 25.7 Å². The Bertz CT molecular complexity index is 948. The van der Waals surface area contributed by atoms with E-state index in [1.165, 1.54) is 12.1 Å². The Morgan fingerprint density at radius 1 is 1.11 bits per heavy atom. The van der Waals surface area contributed by atoms with Gasteiger partial charge in [-0.1, -0.05) is 11.6 Å². The number of hydrogen-bond donors (Lipinski definition) is 1. The molecule has 1 N–H and O–H groups in total. The molecule has 0 saturated heterocycles. The molecule has 0 aliphatic carbocycles. The smallest absolute Gasteiger partial charge is 0.261 e. The molecule has 7 nitrogen and oxygen atoms in total. The van der Waals surface area contributed by atoms with Gasteiger partial charge in [0.1, 0.15) is 12.4 Å². The van der Waals surface area contributed by atoms with E-state index in [1.54, 1.807) is 32.2 Å².